The van der Waals surface area contributed by atoms with E-state index in [0.29, 0.717) is 0 Å². The number of hydrogen-bond acceptors (Lipinski definition) is 5. The maximum atomic E-state index is 4.64. The predicted octanol–water partition coefficient (Wildman–Crippen LogP) is 2.24. The van der Waals surface area contributed by atoms with E-state index in [0.717, 1.165) is 49.1 Å². The molecule has 21 heavy (non-hydrogen) atoms. The van der Waals surface area contributed by atoms with Crippen molar-refractivity contribution in [2.24, 2.45) is 5.92 Å². The molecule has 1 aromatic heterocycles. The fraction of sp³-hybridized carbons (Fsp3) is 0.562. The molecule has 0 bridgehead atoms. The molecule has 0 atom stereocenters. The van der Waals surface area contributed by atoms with Crippen molar-refractivity contribution in [2.45, 2.75) is 26.2 Å². The summed E-state index contributed by atoms with van der Waals surface area (Å²) in [4.78, 5) is 6.90. The number of nitrogens with zero attached hydrogens (tertiary/aromatic N) is 4. The number of anilines is 1. The highest BCUT2D eigenvalue weighted by Crippen LogP contribution is 2.20. The van der Waals surface area contributed by atoms with Crippen molar-refractivity contribution in [3.8, 4) is 0 Å². The lowest BCUT2D eigenvalue weighted by molar-refractivity contribution is 0.381. The first-order valence-electron chi connectivity index (χ1n) is 7.92. The monoisotopic (exact) mass is 285 g/mol. The number of piperidine rings is 1. The Bertz CT molecular complexity index is 578. The zero-order valence-electron chi connectivity index (χ0n) is 12.6. The van der Waals surface area contributed by atoms with Crippen molar-refractivity contribution in [3.05, 3.63) is 24.3 Å². The third kappa shape index (κ3) is 3.47. The molecule has 0 aliphatic carbocycles. The molecule has 1 fully saturated rings. The third-order valence-corrected chi connectivity index (χ3v) is 4.11. The highest BCUT2D eigenvalue weighted by atomic mass is 15.3. The third-order valence-electron chi connectivity index (χ3n) is 4.11. The number of fused-ring (bicyclic) bond motifs is 1. The summed E-state index contributed by atoms with van der Waals surface area (Å²) >= 11 is 0. The number of aromatic nitrogens is 3. The Hall–Kier alpha value is -1.75. The van der Waals surface area contributed by atoms with E-state index in [2.05, 4.69) is 32.3 Å². The van der Waals surface area contributed by atoms with Crippen molar-refractivity contribution in [1.82, 2.24) is 20.5 Å². The molecule has 112 valence electrons. The summed E-state index contributed by atoms with van der Waals surface area (Å²) in [6.07, 6.45) is 3.61. The molecule has 2 aromatic rings. The molecular weight excluding hydrogens is 262 g/mol. The van der Waals surface area contributed by atoms with Gasteiger partial charge in [-0.3, -0.25) is 0 Å². The molecule has 0 amide bonds. The van der Waals surface area contributed by atoms with E-state index in [4.69, 9.17) is 0 Å². The lowest BCUT2D eigenvalue weighted by atomic mass is 9.97. The van der Waals surface area contributed by atoms with Gasteiger partial charge in [-0.15, -0.1) is 10.2 Å². The second-order valence-corrected chi connectivity index (χ2v) is 5.74. The number of benzene rings is 1. The lowest BCUT2D eigenvalue weighted by Crippen LogP contribution is -2.38. The van der Waals surface area contributed by atoms with Gasteiger partial charge in [-0.05, 0) is 50.4 Å². The Morgan fingerprint density at radius 3 is 2.67 bits per heavy atom. The first-order chi connectivity index (χ1) is 10.4. The van der Waals surface area contributed by atoms with Crippen LogP contribution in [0.4, 0.5) is 5.95 Å². The van der Waals surface area contributed by atoms with Gasteiger partial charge in [-0.1, -0.05) is 19.1 Å². The highest BCUT2D eigenvalue weighted by Gasteiger charge is 2.21. The predicted molar refractivity (Wildman–Crippen MR) is 85.4 cm³/mol. The molecule has 5 heteroatoms. The normalized spacial score (nSPS) is 16.5. The molecule has 0 unspecified atom stereocenters. The fourth-order valence-corrected chi connectivity index (χ4v) is 2.83. The minimum absolute atomic E-state index is 0.772. The van der Waals surface area contributed by atoms with Crippen LogP contribution in [0.25, 0.3) is 11.0 Å². The van der Waals surface area contributed by atoms with Crippen molar-refractivity contribution in [2.75, 3.05) is 31.1 Å². The van der Waals surface area contributed by atoms with Crippen molar-refractivity contribution in [3.63, 3.8) is 0 Å². The Balaban J connectivity index is 1.60. The van der Waals surface area contributed by atoms with Crippen molar-refractivity contribution >= 4 is 17.0 Å². The quantitative estimate of drug-likeness (QED) is 0.854. The van der Waals surface area contributed by atoms with E-state index in [9.17, 15) is 0 Å². The van der Waals surface area contributed by atoms with Crippen LogP contribution < -0.4 is 10.2 Å². The van der Waals surface area contributed by atoms with Gasteiger partial charge in [0.05, 0.1) is 5.52 Å². The van der Waals surface area contributed by atoms with E-state index in [1.54, 1.807) is 0 Å². The topological polar surface area (TPSA) is 53.9 Å². The number of para-hydroxylation sites is 1. The summed E-state index contributed by atoms with van der Waals surface area (Å²) in [5, 5.41) is 12.1. The smallest absolute Gasteiger partial charge is 0.245 e. The summed E-state index contributed by atoms with van der Waals surface area (Å²) in [5.41, 5.74) is 1.79. The largest absolute Gasteiger partial charge is 0.339 e. The summed E-state index contributed by atoms with van der Waals surface area (Å²) < 4.78 is 0. The standard InChI is InChI=1S/C16H23N5/c1-2-9-17-12-13-7-10-21(11-8-13)16-18-14-5-3-4-6-15(14)19-20-16/h3-6,13,17H,2,7-12H2,1H3. The average molecular weight is 285 g/mol. The molecule has 1 saturated heterocycles. The van der Waals surface area contributed by atoms with E-state index in [-0.39, 0.29) is 0 Å². The van der Waals surface area contributed by atoms with Crippen molar-refractivity contribution in [1.29, 1.82) is 0 Å². The molecule has 5 nitrogen and oxygen atoms in total. The Morgan fingerprint density at radius 1 is 1.14 bits per heavy atom. The molecular formula is C16H23N5. The van der Waals surface area contributed by atoms with E-state index in [1.165, 1.54) is 19.3 Å². The summed E-state index contributed by atoms with van der Waals surface area (Å²) in [6.45, 7) is 6.52. The highest BCUT2D eigenvalue weighted by molar-refractivity contribution is 5.74. The lowest BCUT2D eigenvalue weighted by Gasteiger charge is -2.31. The van der Waals surface area contributed by atoms with Gasteiger partial charge in [0.15, 0.2) is 0 Å². The first-order valence-corrected chi connectivity index (χ1v) is 7.92. The molecule has 0 saturated carbocycles. The van der Waals surface area contributed by atoms with Crippen LogP contribution in [0.2, 0.25) is 0 Å². The van der Waals surface area contributed by atoms with Gasteiger partial charge in [-0.2, -0.15) is 0 Å². The van der Waals surface area contributed by atoms with Crippen LogP contribution in [0.15, 0.2) is 24.3 Å². The Morgan fingerprint density at radius 2 is 1.90 bits per heavy atom. The van der Waals surface area contributed by atoms with Crippen LogP contribution in [-0.2, 0) is 0 Å². The van der Waals surface area contributed by atoms with Gasteiger partial charge in [0, 0.05) is 13.1 Å². The molecule has 3 rings (SSSR count). The van der Waals surface area contributed by atoms with Gasteiger partial charge >= 0.3 is 0 Å². The summed E-state index contributed by atoms with van der Waals surface area (Å²) in [6, 6.07) is 7.90. The summed E-state index contributed by atoms with van der Waals surface area (Å²) in [7, 11) is 0. The molecule has 0 radical (unpaired) electrons. The number of nitrogens with one attached hydrogen (secondary N) is 1. The van der Waals surface area contributed by atoms with Gasteiger partial charge in [-0.25, -0.2) is 4.98 Å². The van der Waals surface area contributed by atoms with Gasteiger partial charge in [0.25, 0.3) is 0 Å². The SMILES string of the molecule is CCCNCC1CCN(c2nnc3ccccc3n2)CC1. The van der Waals surface area contributed by atoms with Crippen LogP contribution in [0, 0.1) is 5.92 Å². The molecule has 1 aliphatic heterocycles. The number of rotatable bonds is 5. The van der Waals surface area contributed by atoms with Gasteiger partial charge in [0.2, 0.25) is 5.95 Å². The van der Waals surface area contributed by atoms with E-state index >= 15 is 0 Å². The Kier molecular flexibility index (Phi) is 4.60. The van der Waals surface area contributed by atoms with Crippen LogP contribution in [0.1, 0.15) is 26.2 Å². The van der Waals surface area contributed by atoms with E-state index < -0.39 is 0 Å². The van der Waals surface area contributed by atoms with Crippen LogP contribution >= 0.6 is 0 Å². The number of hydrogen-bond donors (Lipinski definition) is 1. The second kappa shape index (κ2) is 6.80. The zero-order valence-corrected chi connectivity index (χ0v) is 12.6. The van der Waals surface area contributed by atoms with E-state index in [1.807, 2.05) is 24.3 Å². The molecule has 1 aliphatic rings. The van der Waals surface area contributed by atoms with Crippen LogP contribution in [-0.4, -0.2) is 41.4 Å². The molecule has 0 spiro atoms. The van der Waals surface area contributed by atoms with Gasteiger partial charge in [0.1, 0.15) is 5.52 Å². The zero-order chi connectivity index (χ0) is 14.5. The average Bonchev–Trinajstić information content (AvgIpc) is 2.55. The van der Waals surface area contributed by atoms with Gasteiger partial charge < -0.3 is 10.2 Å². The minimum Gasteiger partial charge on any atom is -0.339 e. The first kappa shape index (κ1) is 14.2. The molecule has 2 heterocycles. The molecule has 1 N–H and O–H groups in total. The Labute approximate surface area is 125 Å². The fourth-order valence-electron chi connectivity index (χ4n) is 2.83. The maximum absolute atomic E-state index is 4.64. The van der Waals surface area contributed by atoms with Crippen LogP contribution in [0.5, 0.6) is 0 Å². The minimum atomic E-state index is 0.772. The summed E-state index contributed by atoms with van der Waals surface area (Å²) in [5.74, 6) is 1.55. The maximum Gasteiger partial charge on any atom is 0.245 e. The molecule has 1 aromatic carbocycles. The van der Waals surface area contributed by atoms with Crippen LogP contribution in [0.3, 0.4) is 0 Å². The second-order valence-electron chi connectivity index (χ2n) is 5.74. The van der Waals surface area contributed by atoms with Crippen molar-refractivity contribution < 1.29 is 0 Å².